The molecule has 148 valence electrons. The van der Waals surface area contributed by atoms with Gasteiger partial charge in [0.2, 0.25) is 0 Å². The summed E-state index contributed by atoms with van der Waals surface area (Å²) in [4.78, 5) is 24.0. The Bertz CT molecular complexity index is 831. The minimum absolute atomic E-state index is 0.157. The first kappa shape index (κ1) is 19.7. The second kappa shape index (κ2) is 9.26. The summed E-state index contributed by atoms with van der Waals surface area (Å²) >= 11 is 0. The molecular formula is C22H25NO5. The number of benzene rings is 2. The molecule has 6 heteroatoms. The largest absolute Gasteiger partial charge is 0.494 e. The van der Waals surface area contributed by atoms with Gasteiger partial charge in [-0.2, -0.15) is 0 Å². The van der Waals surface area contributed by atoms with Crippen LogP contribution in [0.15, 0.2) is 42.5 Å². The molecule has 1 heterocycles. The Kier molecular flexibility index (Phi) is 6.53. The number of hydrogen-bond acceptors (Lipinski definition) is 5. The molecule has 0 aromatic heterocycles. The minimum Gasteiger partial charge on any atom is -0.494 e. The molecule has 0 saturated heterocycles. The number of methoxy groups -OCH3 is 1. The highest BCUT2D eigenvalue weighted by molar-refractivity contribution is 5.94. The highest BCUT2D eigenvalue weighted by atomic mass is 16.5. The van der Waals surface area contributed by atoms with Crippen molar-refractivity contribution < 1.29 is 23.8 Å². The van der Waals surface area contributed by atoms with E-state index in [1.165, 1.54) is 7.11 Å². The van der Waals surface area contributed by atoms with Gasteiger partial charge >= 0.3 is 5.97 Å². The van der Waals surface area contributed by atoms with Gasteiger partial charge in [0.1, 0.15) is 17.6 Å². The molecule has 3 rings (SSSR count). The summed E-state index contributed by atoms with van der Waals surface area (Å²) in [5, 5.41) is 2.90. The highest BCUT2D eigenvalue weighted by Crippen LogP contribution is 2.29. The van der Waals surface area contributed by atoms with Gasteiger partial charge in [0.25, 0.3) is 5.91 Å². The lowest BCUT2D eigenvalue weighted by Crippen LogP contribution is -2.34. The summed E-state index contributed by atoms with van der Waals surface area (Å²) < 4.78 is 16.2. The zero-order valence-corrected chi connectivity index (χ0v) is 16.2. The first-order valence-corrected chi connectivity index (χ1v) is 9.49. The van der Waals surface area contributed by atoms with Crippen molar-refractivity contribution in [3.63, 3.8) is 0 Å². The second-order valence-electron chi connectivity index (χ2n) is 6.69. The first-order valence-electron chi connectivity index (χ1n) is 9.49. The van der Waals surface area contributed by atoms with Crippen LogP contribution in [0, 0.1) is 0 Å². The molecule has 0 fully saturated rings. The monoisotopic (exact) mass is 383 g/mol. The Morgan fingerprint density at radius 1 is 1.14 bits per heavy atom. The van der Waals surface area contributed by atoms with E-state index in [1.807, 2.05) is 0 Å². The number of carbonyl (C=O) groups excluding carboxylic acids is 2. The fourth-order valence-electron chi connectivity index (χ4n) is 3.02. The second-order valence-corrected chi connectivity index (χ2v) is 6.69. The lowest BCUT2D eigenvalue weighted by molar-refractivity contribution is 0.0600. The van der Waals surface area contributed by atoms with Crippen LogP contribution in [-0.4, -0.2) is 38.2 Å². The molecule has 1 N–H and O–H groups in total. The quantitative estimate of drug-likeness (QED) is 0.559. The smallest absolute Gasteiger partial charge is 0.337 e. The Labute approximate surface area is 164 Å². The maximum Gasteiger partial charge on any atom is 0.337 e. The number of hydrogen-bond donors (Lipinski definition) is 1. The predicted molar refractivity (Wildman–Crippen MR) is 105 cm³/mol. The van der Waals surface area contributed by atoms with Crippen LogP contribution >= 0.6 is 0 Å². The van der Waals surface area contributed by atoms with Gasteiger partial charge in [0, 0.05) is 12.0 Å². The number of esters is 1. The predicted octanol–water partition coefficient (Wildman–Crippen LogP) is 3.39. The summed E-state index contributed by atoms with van der Waals surface area (Å²) in [5.74, 6) is 0.970. The van der Waals surface area contributed by atoms with Crippen molar-refractivity contribution in [1.82, 2.24) is 5.32 Å². The number of nitrogens with one attached hydrogen (secondary N) is 1. The third kappa shape index (κ3) is 4.82. The molecule has 0 aliphatic carbocycles. The van der Waals surface area contributed by atoms with E-state index in [2.05, 4.69) is 12.2 Å². The number of fused-ring (bicyclic) bond motifs is 1. The molecule has 2 aromatic carbocycles. The van der Waals surface area contributed by atoms with Crippen molar-refractivity contribution in [1.29, 1.82) is 0 Å². The van der Waals surface area contributed by atoms with Gasteiger partial charge in [0.15, 0.2) is 0 Å². The fourth-order valence-corrected chi connectivity index (χ4v) is 3.02. The van der Waals surface area contributed by atoms with Crippen molar-refractivity contribution in [3.8, 4) is 11.5 Å². The highest BCUT2D eigenvalue weighted by Gasteiger charge is 2.24. The Balaban J connectivity index is 1.50. The summed E-state index contributed by atoms with van der Waals surface area (Å²) in [6.45, 7) is 3.18. The average Bonchev–Trinajstić information content (AvgIpc) is 3.14. The summed E-state index contributed by atoms with van der Waals surface area (Å²) in [7, 11) is 1.36. The van der Waals surface area contributed by atoms with Crippen molar-refractivity contribution >= 4 is 11.9 Å². The normalized spacial score (nSPS) is 14.7. The number of unbranched alkanes of at least 4 members (excludes halogenated alkanes) is 1. The van der Waals surface area contributed by atoms with Gasteiger partial charge in [-0.1, -0.05) is 13.3 Å². The van der Waals surface area contributed by atoms with Crippen molar-refractivity contribution in [3.05, 3.63) is 59.2 Å². The molecule has 1 aliphatic heterocycles. The molecule has 2 aromatic rings. The molecule has 0 saturated carbocycles. The van der Waals surface area contributed by atoms with E-state index in [-0.39, 0.29) is 18.0 Å². The van der Waals surface area contributed by atoms with Crippen LogP contribution in [0.5, 0.6) is 11.5 Å². The molecule has 1 amide bonds. The van der Waals surface area contributed by atoms with Gasteiger partial charge in [-0.3, -0.25) is 4.79 Å². The van der Waals surface area contributed by atoms with Crippen molar-refractivity contribution in [2.75, 3.05) is 20.3 Å². The van der Waals surface area contributed by atoms with E-state index in [4.69, 9.17) is 14.2 Å². The van der Waals surface area contributed by atoms with Gasteiger partial charge < -0.3 is 19.5 Å². The van der Waals surface area contributed by atoms with E-state index in [9.17, 15) is 9.59 Å². The van der Waals surface area contributed by atoms with Crippen LogP contribution in [0.2, 0.25) is 0 Å². The third-order valence-corrected chi connectivity index (χ3v) is 4.60. The Morgan fingerprint density at radius 3 is 2.61 bits per heavy atom. The number of amides is 1. The third-order valence-electron chi connectivity index (χ3n) is 4.60. The minimum atomic E-state index is -0.373. The van der Waals surface area contributed by atoms with Gasteiger partial charge in [-0.05, 0) is 54.4 Å². The lowest BCUT2D eigenvalue weighted by Gasteiger charge is -2.12. The Morgan fingerprint density at radius 2 is 1.89 bits per heavy atom. The molecule has 0 unspecified atom stereocenters. The lowest BCUT2D eigenvalue weighted by atomic mass is 10.1. The topological polar surface area (TPSA) is 73.9 Å². The average molecular weight is 383 g/mol. The molecule has 0 bridgehead atoms. The molecule has 0 spiro atoms. The van der Waals surface area contributed by atoms with E-state index in [0.717, 1.165) is 29.9 Å². The molecular weight excluding hydrogens is 358 g/mol. The zero-order chi connectivity index (χ0) is 19.9. The molecule has 1 aliphatic rings. The van der Waals surface area contributed by atoms with Crippen LogP contribution in [0.25, 0.3) is 0 Å². The van der Waals surface area contributed by atoms with Crippen molar-refractivity contribution in [2.45, 2.75) is 32.3 Å². The van der Waals surface area contributed by atoms with Gasteiger partial charge in [-0.15, -0.1) is 0 Å². The Hall–Kier alpha value is -3.02. The zero-order valence-electron chi connectivity index (χ0n) is 16.2. The van der Waals surface area contributed by atoms with Gasteiger partial charge in [0.05, 0.1) is 25.8 Å². The maximum absolute atomic E-state index is 12.4. The van der Waals surface area contributed by atoms with Crippen LogP contribution in [0.4, 0.5) is 0 Å². The van der Waals surface area contributed by atoms with Crippen LogP contribution in [0.3, 0.4) is 0 Å². The van der Waals surface area contributed by atoms with Gasteiger partial charge in [-0.25, -0.2) is 4.79 Å². The first-order chi connectivity index (χ1) is 13.6. The van der Waals surface area contributed by atoms with E-state index >= 15 is 0 Å². The standard InChI is InChI=1S/C22H25NO5/c1-3-4-11-27-18-8-5-15(6-9-18)21(24)23-14-19-13-17-12-16(22(25)26-2)7-10-20(17)28-19/h5-10,12,19H,3-4,11,13-14H2,1-2H3,(H,23,24)/t19-/m1/s1. The van der Waals surface area contributed by atoms with Crippen molar-refractivity contribution in [2.24, 2.45) is 0 Å². The molecule has 1 atom stereocenters. The van der Waals surface area contributed by atoms with E-state index < -0.39 is 0 Å². The summed E-state index contributed by atoms with van der Waals surface area (Å²) in [6.07, 6.45) is 2.55. The molecule has 28 heavy (non-hydrogen) atoms. The summed E-state index contributed by atoms with van der Waals surface area (Å²) in [5.41, 5.74) is 2.01. The summed E-state index contributed by atoms with van der Waals surface area (Å²) in [6, 6.07) is 12.3. The van der Waals surface area contributed by atoms with Crippen LogP contribution in [-0.2, 0) is 11.2 Å². The number of ether oxygens (including phenoxy) is 3. The fraction of sp³-hybridized carbons (Fsp3) is 0.364. The van der Waals surface area contributed by atoms with Crippen LogP contribution < -0.4 is 14.8 Å². The van der Waals surface area contributed by atoms with E-state index in [0.29, 0.717) is 30.7 Å². The maximum atomic E-state index is 12.4. The molecule has 6 nitrogen and oxygen atoms in total. The number of carbonyl (C=O) groups is 2. The molecule has 0 radical (unpaired) electrons. The van der Waals surface area contributed by atoms with E-state index in [1.54, 1.807) is 42.5 Å². The number of rotatable bonds is 8. The van der Waals surface area contributed by atoms with Crippen LogP contribution in [0.1, 0.15) is 46.0 Å². The SMILES string of the molecule is CCCCOc1ccc(C(=O)NC[C@H]2Cc3cc(C(=O)OC)ccc3O2)cc1.